The van der Waals surface area contributed by atoms with Crippen molar-refractivity contribution in [2.45, 2.75) is 0 Å². The van der Waals surface area contributed by atoms with Crippen LogP contribution < -0.4 is 4.90 Å². The van der Waals surface area contributed by atoms with E-state index in [9.17, 15) is 19.1 Å². The van der Waals surface area contributed by atoms with Gasteiger partial charge < -0.3 is 9.52 Å². The number of carbonyl (C=O) groups excluding carboxylic acids is 1. The molecule has 1 fully saturated rings. The number of hydrogen-bond donors (Lipinski definition) is 1. The van der Waals surface area contributed by atoms with Gasteiger partial charge in [-0.15, -0.1) is 0 Å². The van der Waals surface area contributed by atoms with Gasteiger partial charge in [0.1, 0.15) is 17.3 Å². The van der Waals surface area contributed by atoms with E-state index in [0.29, 0.717) is 32.0 Å². The number of carboxylic acid groups (broad SMARTS) is 1. The average molecular weight is 425 g/mol. The predicted octanol–water partition coefficient (Wildman–Crippen LogP) is 5.19. The third-order valence-corrected chi connectivity index (χ3v) is 5.50. The van der Waals surface area contributed by atoms with E-state index in [2.05, 4.69) is 0 Å². The van der Waals surface area contributed by atoms with E-state index in [0.717, 1.165) is 11.8 Å². The normalized spacial score (nSPS) is 15.3. The summed E-state index contributed by atoms with van der Waals surface area (Å²) in [7, 11) is 0. The number of halogens is 1. The van der Waals surface area contributed by atoms with E-state index in [1.54, 1.807) is 36.4 Å². The highest BCUT2D eigenvalue weighted by atomic mass is 32.2. The van der Waals surface area contributed by atoms with Crippen molar-refractivity contribution < 1.29 is 23.5 Å². The molecule has 1 aliphatic rings. The predicted molar refractivity (Wildman–Crippen MR) is 113 cm³/mol. The minimum atomic E-state index is -1.06. The smallest absolute Gasteiger partial charge is 0.336 e. The molecular formula is C21H12FNO4S2. The van der Waals surface area contributed by atoms with E-state index < -0.39 is 11.8 Å². The quantitative estimate of drug-likeness (QED) is 0.458. The summed E-state index contributed by atoms with van der Waals surface area (Å²) in [6, 6.07) is 15.3. The number of rotatable bonds is 4. The topological polar surface area (TPSA) is 70.8 Å². The highest BCUT2D eigenvalue weighted by Gasteiger charge is 2.33. The second kappa shape index (κ2) is 7.65. The van der Waals surface area contributed by atoms with Crippen LogP contribution >= 0.6 is 24.0 Å². The zero-order chi connectivity index (χ0) is 20.5. The van der Waals surface area contributed by atoms with Gasteiger partial charge in [-0.3, -0.25) is 9.69 Å². The second-order valence-corrected chi connectivity index (χ2v) is 7.72. The van der Waals surface area contributed by atoms with Crippen LogP contribution in [0.1, 0.15) is 16.1 Å². The van der Waals surface area contributed by atoms with E-state index >= 15 is 0 Å². The Bertz CT molecular complexity index is 1170. The van der Waals surface area contributed by atoms with E-state index in [1.807, 2.05) is 0 Å². The SMILES string of the molecule is O=C(O)c1ccccc1-c1ccc(/C=C2/SC(=S)N(c3ccc(F)cc3)C2=O)o1. The molecule has 1 aliphatic heterocycles. The first kappa shape index (κ1) is 19.1. The monoisotopic (exact) mass is 425 g/mol. The summed E-state index contributed by atoms with van der Waals surface area (Å²) < 4.78 is 19.2. The molecule has 144 valence electrons. The van der Waals surface area contributed by atoms with Gasteiger partial charge in [0, 0.05) is 11.6 Å². The van der Waals surface area contributed by atoms with Crippen molar-refractivity contribution in [2.75, 3.05) is 4.90 Å². The van der Waals surface area contributed by atoms with Crippen LogP contribution in [0.3, 0.4) is 0 Å². The summed E-state index contributed by atoms with van der Waals surface area (Å²) in [6.07, 6.45) is 1.55. The molecular weight excluding hydrogens is 413 g/mol. The molecule has 0 aliphatic carbocycles. The van der Waals surface area contributed by atoms with Gasteiger partial charge in [-0.05, 0) is 42.5 Å². The molecule has 0 unspecified atom stereocenters. The van der Waals surface area contributed by atoms with Gasteiger partial charge in [-0.1, -0.05) is 42.2 Å². The van der Waals surface area contributed by atoms with Gasteiger partial charge >= 0.3 is 5.97 Å². The molecule has 0 spiro atoms. The van der Waals surface area contributed by atoms with Crippen LogP contribution in [0.2, 0.25) is 0 Å². The summed E-state index contributed by atoms with van der Waals surface area (Å²) in [5.74, 6) is -1.03. The largest absolute Gasteiger partial charge is 0.478 e. The summed E-state index contributed by atoms with van der Waals surface area (Å²) in [6.45, 7) is 0. The van der Waals surface area contributed by atoms with Crippen molar-refractivity contribution in [1.82, 2.24) is 0 Å². The van der Waals surface area contributed by atoms with Crippen molar-refractivity contribution >= 4 is 51.9 Å². The number of carbonyl (C=O) groups is 2. The van der Waals surface area contributed by atoms with Gasteiger partial charge in [0.2, 0.25) is 0 Å². The molecule has 0 radical (unpaired) electrons. The van der Waals surface area contributed by atoms with Crippen molar-refractivity contribution in [2.24, 2.45) is 0 Å². The van der Waals surface area contributed by atoms with Crippen molar-refractivity contribution in [1.29, 1.82) is 0 Å². The molecule has 2 heterocycles. The maximum atomic E-state index is 13.2. The fourth-order valence-electron chi connectivity index (χ4n) is 2.87. The highest BCUT2D eigenvalue weighted by Crippen LogP contribution is 2.36. The van der Waals surface area contributed by atoms with Gasteiger partial charge in [0.15, 0.2) is 4.32 Å². The number of anilines is 1. The number of carboxylic acids is 1. The van der Waals surface area contributed by atoms with Gasteiger partial charge in [-0.25, -0.2) is 9.18 Å². The third kappa shape index (κ3) is 3.72. The number of benzene rings is 2. The van der Waals surface area contributed by atoms with E-state index in [1.165, 1.54) is 35.2 Å². The van der Waals surface area contributed by atoms with Crippen LogP contribution in [0.5, 0.6) is 0 Å². The molecule has 8 heteroatoms. The van der Waals surface area contributed by atoms with Crippen molar-refractivity contribution in [3.05, 3.63) is 82.7 Å². The minimum absolute atomic E-state index is 0.121. The molecule has 5 nitrogen and oxygen atoms in total. The van der Waals surface area contributed by atoms with Crippen molar-refractivity contribution in [3.8, 4) is 11.3 Å². The lowest BCUT2D eigenvalue weighted by atomic mass is 10.1. The molecule has 0 bridgehead atoms. The lowest BCUT2D eigenvalue weighted by molar-refractivity contribution is -0.113. The molecule has 1 aromatic heterocycles. The Morgan fingerprint density at radius 2 is 1.83 bits per heavy atom. The zero-order valence-electron chi connectivity index (χ0n) is 14.7. The van der Waals surface area contributed by atoms with Crippen LogP contribution in [0.15, 0.2) is 70.0 Å². The molecule has 1 amide bonds. The summed E-state index contributed by atoms with van der Waals surface area (Å²) >= 11 is 6.40. The number of hydrogen-bond acceptors (Lipinski definition) is 5. The second-order valence-electron chi connectivity index (χ2n) is 6.05. The molecule has 2 aromatic carbocycles. The van der Waals surface area contributed by atoms with Crippen LogP contribution in [-0.2, 0) is 4.79 Å². The number of nitrogens with zero attached hydrogens (tertiary/aromatic N) is 1. The minimum Gasteiger partial charge on any atom is -0.478 e. The average Bonchev–Trinajstić information content (AvgIpc) is 3.27. The Hall–Kier alpha value is -3.23. The molecule has 3 aromatic rings. The van der Waals surface area contributed by atoms with E-state index in [4.69, 9.17) is 16.6 Å². The summed E-state index contributed by atoms with van der Waals surface area (Å²) in [5.41, 5.74) is 1.04. The number of thiocarbonyl (C=S) groups is 1. The Morgan fingerprint density at radius 1 is 1.10 bits per heavy atom. The summed E-state index contributed by atoms with van der Waals surface area (Å²) in [4.78, 5) is 25.9. The van der Waals surface area contributed by atoms with Crippen LogP contribution in [0.25, 0.3) is 17.4 Å². The molecule has 1 N–H and O–H groups in total. The Morgan fingerprint density at radius 3 is 2.55 bits per heavy atom. The Kier molecular flexibility index (Phi) is 5.04. The first-order valence-corrected chi connectivity index (χ1v) is 9.62. The molecule has 0 atom stereocenters. The lowest BCUT2D eigenvalue weighted by Gasteiger charge is -2.14. The maximum Gasteiger partial charge on any atom is 0.336 e. The standard InChI is InChI=1S/C21H12FNO4S2/c22-12-5-7-13(8-6-12)23-19(24)18(29-21(23)28)11-14-9-10-17(27-14)15-3-1-2-4-16(15)20(25)26/h1-11H,(H,25,26)/b18-11+. The van der Waals surface area contributed by atoms with Crippen LogP contribution in [0, 0.1) is 5.82 Å². The Balaban J connectivity index is 1.63. The van der Waals surface area contributed by atoms with Gasteiger partial charge in [0.25, 0.3) is 5.91 Å². The molecule has 29 heavy (non-hydrogen) atoms. The molecule has 4 rings (SSSR count). The number of thioether (sulfide) groups is 1. The first-order valence-electron chi connectivity index (χ1n) is 8.40. The number of aromatic carboxylic acids is 1. The van der Waals surface area contributed by atoms with E-state index in [-0.39, 0.29) is 11.5 Å². The van der Waals surface area contributed by atoms with Crippen LogP contribution in [-0.4, -0.2) is 21.3 Å². The third-order valence-electron chi connectivity index (χ3n) is 4.20. The number of amides is 1. The lowest BCUT2D eigenvalue weighted by Crippen LogP contribution is -2.27. The number of furan rings is 1. The summed E-state index contributed by atoms with van der Waals surface area (Å²) in [5, 5.41) is 9.34. The fourth-order valence-corrected chi connectivity index (χ4v) is 4.15. The highest BCUT2D eigenvalue weighted by molar-refractivity contribution is 8.27. The fraction of sp³-hybridized carbons (Fsp3) is 0. The maximum absolute atomic E-state index is 13.2. The van der Waals surface area contributed by atoms with Crippen LogP contribution in [0.4, 0.5) is 10.1 Å². The van der Waals surface area contributed by atoms with Gasteiger partial charge in [0.05, 0.1) is 16.2 Å². The molecule has 0 saturated carbocycles. The zero-order valence-corrected chi connectivity index (χ0v) is 16.3. The Labute approximate surface area is 174 Å². The van der Waals surface area contributed by atoms with Crippen molar-refractivity contribution in [3.63, 3.8) is 0 Å². The first-order chi connectivity index (χ1) is 13.9. The van der Waals surface area contributed by atoms with Gasteiger partial charge in [-0.2, -0.15) is 0 Å². The molecule has 1 saturated heterocycles.